The van der Waals surface area contributed by atoms with Crippen LogP contribution in [-0.2, 0) is 16.1 Å². The number of aliphatic carboxylic acids is 1. The predicted molar refractivity (Wildman–Crippen MR) is 142 cm³/mol. The molecule has 0 spiro atoms. The molecule has 2 aromatic rings. The van der Waals surface area contributed by atoms with Crippen LogP contribution in [0.4, 0.5) is 5.69 Å². The minimum absolute atomic E-state index is 0.219. The van der Waals surface area contributed by atoms with Crippen LogP contribution in [0.5, 0.6) is 5.75 Å². The third kappa shape index (κ3) is 7.10. The molecule has 0 saturated carbocycles. The molecule has 0 radical (unpaired) electrons. The van der Waals surface area contributed by atoms with Crippen molar-refractivity contribution >= 4 is 23.8 Å². The number of hydrogen-bond donors (Lipinski definition) is 2. The molecule has 0 bridgehead atoms. The molecular formula is C28H36N4O4. The van der Waals surface area contributed by atoms with Crippen LogP contribution in [0.1, 0.15) is 49.8 Å². The van der Waals surface area contributed by atoms with Gasteiger partial charge in [-0.15, -0.1) is 0 Å². The average Bonchev–Trinajstić information content (AvgIpc) is 2.87. The fourth-order valence-electron chi connectivity index (χ4n) is 3.83. The van der Waals surface area contributed by atoms with E-state index in [1.54, 1.807) is 25.4 Å². The smallest absolute Gasteiger partial charge is 0.347 e. The average molecular weight is 493 g/mol. The number of piperidine rings is 1. The zero-order valence-corrected chi connectivity index (χ0v) is 21.6. The summed E-state index contributed by atoms with van der Waals surface area (Å²) in [5, 5.41) is 17.9. The maximum Gasteiger partial charge on any atom is 0.347 e. The Morgan fingerprint density at radius 2 is 1.83 bits per heavy atom. The predicted octanol–water partition coefficient (Wildman–Crippen LogP) is 4.32. The second-order valence-corrected chi connectivity index (χ2v) is 9.55. The van der Waals surface area contributed by atoms with Gasteiger partial charge in [0.15, 0.2) is 5.60 Å². The van der Waals surface area contributed by atoms with E-state index in [0.29, 0.717) is 5.75 Å². The topological polar surface area (TPSA) is 94.5 Å². The maximum atomic E-state index is 12.6. The van der Waals surface area contributed by atoms with E-state index in [-0.39, 0.29) is 18.1 Å². The van der Waals surface area contributed by atoms with Crippen LogP contribution in [0.2, 0.25) is 0 Å². The molecular weight excluding hydrogens is 456 g/mol. The number of benzene rings is 2. The third-order valence-corrected chi connectivity index (χ3v) is 6.22. The van der Waals surface area contributed by atoms with Crippen molar-refractivity contribution in [1.29, 1.82) is 0 Å². The Morgan fingerprint density at radius 3 is 2.44 bits per heavy atom. The zero-order valence-electron chi connectivity index (χ0n) is 21.6. The van der Waals surface area contributed by atoms with Crippen molar-refractivity contribution in [3.63, 3.8) is 0 Å². The van der Waals surface area contributed by atoms with Crippen LogP contribution < -0.4 is 15.0 Å². The zero-order chi connectivity index (χ0) is 26.3. The molecule has 1 aliphatic heterocycles. The number of anilines is 1. The molecule has 8 nitrogen and oxygen atoms in total. The summed E-state index contributed by atoms with van der Waals surface area (Å²) in [6.45, 7) is 11.2. The van der Waals surface area contributed by atoms with Crippen molar-refractivity contribution in [2.75, 3.05) is 25.0 Å². The quantitative estimate of drug-likeness (QED) is 0.291. The number of carboxylic acid groups (broad SMARTS) is 1. The number of ether oxygens (including phenoxy) is 1. The number of nitrogens with zero attached hydrogens (tertiary/aromatic N) is 3. The first kappa shape index (κ1) is 26.8. The lowest BCUT2D eigenvalue weighted by atomic mass is 10.1. The lowest BCUT2D eigenvalue weighted by molar-refractivity contribution is -0.152. The molecule has 3 rings (SSSR count). The van der Waals surface area contributed by atoms with Crippen molar-refractivity contribution in [3.05, 3.63) is 71.4 Å². The van der Waals surface area contributed by atoms with E-state index in [9.17, 15) is 14.7 Å². The molecule has 1 saturated heterocycles. The van der Waals surface area contributed by atoms with Gasteiger partial charge in [-0.3, -0.25) is 9.80 Å². The van der Waals surface area contributed by atoms with Crippen LogP contribution in [0.15, 0.2) is 59.8 Å². The third-order valence-electron chi connectivity index (χ3n) is 6.22. The van der Waals surface area contributed by atoms with Gasteiger partial charge in [-0.1, -0.05) is 30.8 Å². The minimum Gasteiger partial charge on any atom is -0.478 e. The summed E-state index contributed by atoms with van der Waals surface area (Å²) in [7, 11) is 1.68. The van der Waals surface area contributed by atoms with Gasteiger partial charge in [0, 0.05) is 32.4 Å². The molecule has 36 heavy (non-hydrogen) atoms. The van der Waals surface area contributed by atoms with Gasteiger partial charge < -0.3 is 20.1 Å². The van der Waals surface area contributed by atoms with Gasteiger partial charge in [0.2, 0.25) is 0 Å². The second kappa shape index (κ2) is 11.7. The van der Waals surface area contributed by atoms with Crippen LogP contribution in [0.3, 0.4) is 0 Å². The number of nitrogens with one attached hydrogen (secondary N) is 1. The Hall–Kier alpha value is -3.81. The van der Waals surface area contributed by atoms with Gasteiger partial charge in [-0.25, -0.2) is 4.79 Å². The molecule has 1 fully saturated rings. The van der Waals surface area contributed by atoms with Crippen molar-refractivity contribution in [3.8, 4) is 5.75 Å². The fourth-order valence-corrected chi connectivity index (χ4v) is 3.83. The summed E-state index contributed by atoms with van der Waals surface area (Å²) in [6, 6.07) is 13.6. The number of hydrazone groups is 1. The summed E-state index contributed by atoms with van der Waals surface area (Å²) in [5.74, 6) is -0.891. The Labute approximate surface area is 213 Å². The summed E-state index contributed by atoms with van der Waals surface area (Å²) in [5.41, 5.74) is 2.69. The van der Waals surface area contributed by atoms with Crippen LogP contribution in [0, 0.1) is 6.92 Å². The number of likely N-dealkylation sites (N-methyl/N-ethyl adjacent to an activating group) is 1. The highest BCUT2D eigenvalue weighted by molar-refractivity contribution is 5.92. The van der Waals surface area contributed by atoms with Gasteiger partial charge in [0.05, 0.1) is 6.21 Å². The highest BCUT2D eigenvalue weighted by Gasteiger charge is 2.29. The summed E-state index contributed by atoms with van der Waals surface area (Å²) in [4.78, 5) is 26.3. The second-order valence-electron chi connectivity index (χ2n) is 9.55. The van der Waals surface area contributed by atoms with Gasteiger partial charge >= 0.3 is 5.97 Å². The Balaban J connectivity index is 1.51. The Morgan fingerprint density at radius 1 is 1.17 bits per heavy atom. The van der Waals surface area contributed by atoms with Crippen molar-refractivity contribution in [2.45, 2.75) is 52.2 Å². The highest BCUT2D eigenvalue weighted by atomic mass is 16.5. The number of carboxylic acids is 1. The standard InChI is InChI=1S/C28H36N4O4/c1-20-17-23(11-14-25(20)36-28(3,4)27(34)35)18-29-26(33)21(2)31(5)30-19-22-9-12-24(13-10-22)32-15-7-6-8-16-32/h9-14,17,19H,2,6-8,15-16,18H2,1,3-5H3,(H,29,33)(H,34,35)/b30-19+. The summed E-state index contributed by atoms with van der Waals surface area (Å²) < 4.78 is 5.62. The van der Waals surface area contributed by atoms with Gasteiger partial charge in [0.25, 0.3) is 5.91 Å². The summed E-state index contributed by atoms with van der Waals surface area (Å²) >= 11 is 0. The van der Waals surface area contributed by atoms with Crippen molar-refractivity contribution < 1.29 is 19.4 Å². The van der Waals surface area contributed by atoms with E-state index in [4.69, 9.17) is 4.74 Å². The molecule has 0 aromatic heterocycles. The molecule has 0 unspecified atom stereocenters. The largest absolute Gasteiger partial charge is 0.478 e. The molecule has 1 amide bonds. The fraction of sp³-hybridized carbons (Fsp3) is 0.393. The molecule has 1 heterocycles. The van der Waals surface area contributed by atoms with E-state index >= 15 is 0 Å². The monoisotopic (exact) mass is 492 g/mol. The van der Waals surface area contributed by atoms with E-state index in [0.717, 1.165) is 29.8 Å². The minimum atomic E-state index is -1.33. The number of aryl methyl sites for hydroxylation is 1. The molecule has 0 atom stereocenters. The van der Waals surface area contributed by atoms with Crippen molar-refractivity contribution in [2.24, 2.45) is 5.10 Å². The molecule has 192 valence electrons. The van der Waals surface area contributed by atoms with Gasteiger partial charge in [0.1, 0.15) is 11.4 Å². The van der Waals surface area contributed by atoms with E-state index in [2.05, 4.69) is 34.0 Å². The molecule has 1 aliphatic rings. The normalized spacial score (nSPS) is 13.9. The maximum absolute atomic E-state index is 12.6. The molecule has 8 heteroatoms. The van der Waals surface area contributed by atoms with Crippen LogP contribution in [0.25, 0.3) is 0 Å². The molecule has 0 aliphatic carbocycles. The Kier molecular flexibility index (Phi) is 8.74. The number of hydrogen-bond acceptors (Lipinski definition) is 6. The van der Waals surface area contributed by atoms with Crippen LogP contribution in [-0.4, -0.2) is 53.9 Å². The summed E-state index contributed by atoms with van der Waals surface area (Å²) in [6.07, 6.45) is 5.49. The van der Waals surface area contributed by atoms with Gasteiger partial charge in [-0.05, 0) is 74.9 Å². The number of carbonyl (C=O) groups is 2. The number of rotatable bonds is 10. The molecule has 2 aromatic carbocycles. The SMILES string of the molecule is C=C(C(=O)NCc1ccc(OC(C)(C)C(=O)O)c(C)c1)N(C)/N=C/c1ccc(N2CCCCC2)cc1. The van der Waals surface area contributed by atoms with E-state index in [1.165, 1.54) is 43.8 Å². The number of amides is 1. The molecule has 2 N–H and O–H groups in total. The first-order chi connectivity index (χ1) is 17.1. The lowest BCUT2D eigenvalue weighted by Crippen LogP contribution is -2.38. The number of carbonyl (C=O) groups excluding carboxylic acids is 1. The van der Waals surface area contributed by atoms with Crippen molar-refractivity contribution in [1.82, 2.24) is 10.3 Å². The first-order valence-electron chi connectivity index (χ1n) is 12.2. The van der Waals surface area contributed by atoms with E-state index in [1.807, 2.05) is 25.1 Å². The van der Waals surface area contributed by atoms with Crippen LogP contribution >= 0.6 is 0 Å². The lowest BCUT2D eigenvalue weighted by Gasteiger charge is -2.28. The highest BCUT2D eigenvalue weighted by Crippen LogP contribution is 2.24. The Bertz CT molecular complexity index is 1120. The first-order valence-corrected chi connectivity index (χ1v) is 12.2. The van der Waals surface area contributed by atoms with E-state index < -0.39 is 11.6 Å². The van der Waals surface area contributed by atoms with Gasteiger partial charge in [-0.2, -0.15) is 5.10 Å².